The van der Waals surface area contributed by atoms with E-state index in [1.165, 1.54) is 16.4 Å². The maximum atomic E-state index is 7.86. The zero-order valence-corrected chi connectivity index (χ0v) is 50.7. The Labute approximate surface area is 543 Å². The number of ether oxygens (including phenoxy) is 1. The summed E-state index contributed by atoms with van der Waals surface area (Å²) in [5, 5.41) is 4.25. The van der Waals surface area contributed by atoms with Gasteiger partial charge in [-0.2, -0.15) is 0 Å². The molecule has 438 valence electrons. The van der Waals surface area contributed by atoms with Crippen molar-refractivity contribution in [3.05, 3.63) is 322 Å². The molecule has 4 aliphatic rings. The third-order valence-electron chi connectivity index (χ3n) is 19.5. The lowest BCUT2D eigenvalue weighted by atomic mass is 9.30. The van der Waals surface area contributed by atoms with E-state index in [0.717, 1.165) is 157 Å². The Morgan fingerprint density at radius 2 is 0.628 bits per heavy atom. The van der Waals surface area contributed by atoms with Gasteiger partial charge in [0.15, 0.2) is 0 Å². The molecule has 16 aromatic rings. The summed E-state index contributed by atoms with van der Waals surface area (Å²) in [6.07, 6.45) is 0. The van der Waals surface area contributed by atoms with E-state index in [1.54, 1.807) is 0 Å². The van der Waals surface area contributed by atoms with Crippen LogP contribution in [0.3, 0.4) is 0 Å². The lowest BCUT2D eigenvalue weighted by Crippen LogP contribution is -2.64. The zero-order chi connectivity index (χ0) is 61.5. The molecule has 0 atom stereocenters. The molecule has 8 nitrogen and oxygen atoms in total. The molecular formula is C84H53B2N5O3. The third kappa shape index (κ3) is 7.77. The Balaban J connectivity index is 0.917. The van der Waals surface area contributed by atoms with Gasteiger partial charge in [-0.25, -0.2) is 0 Å². The lowest BCUT2D eigenvalue weighted by molar-refractivity contribution is 0.488. The molecule has 20 rings (SSSR count). The highest BCUT2D eigenvalue weighted by Crippen LogP contribution is 2.53. The molecule has 4 aliphatic heterocycles. The summed E-state index contributed by atoms with van der Waals surface area (Å²) in [7, 11) is 0. The van der Waals surface area contributed by atoms with Crippen molar-refractivity contribution >= 4 is 175 Å². The Bertz CT molecular complexity index is 5620. The average Bonchev–Trinajstić information content (AvgIpc) is 0.914. The summed E-state index contributed by atoms with van der Waals surface area (Å²) in [4.78, 5) is 12.2. The second-order valence-electron chi connectivity index (χ2n) is 24.7. The Hall–Kier alpha value is -12.4. The van der Waals surface area contributed by atoms with Crippen molar-refractivity contribution in [3.63, 3.8) is 0 Å². The Morgan fingerprint density at radius 3 is 1.09 bits per heavy atom. The fourth-order valence-electron chi connectivity index (χ4n) is 15.8. The highest BCUT2D eigenvalue weighted by Gasteiger charge is 2.49. The SMILES string of the molecule is c1ccc(N(c2ccccc2)c2cc3c4c(c2)N(c2ccccc2)c2c(ccc5oc6ccccc6c25)B4c2cc4c(cc2O3)N(c2ccccc2)c2cc(N(c3ccccc3)c3ccccc3)cc3c2B4c2ccc4oc5ccccc5c4c2N3c2ccccc2)cc1. The monoisotopic (exact) mass is 1200 g/mol. The number of hydrogen-bond acceptors (Lipinski definition) is 8. The van der Waals surface area contributed by atoms with Crippen molar-refractivity contribution in [2.24, 2.45) is 0 Å². The molecule has 6 heterocycles. The van der Waals surface area contributed by atoms with Crippen LogP contribution in [0.25, 0.3) is 43.9 Å². The van der Waals surface area contributed by atoms with Gasteiger partial charge in [0.25, 0.3) is 13.4 Å². The summed E-state index contributed by atoms with van der Waals surface area (Å²) in [5.41, 5.74) is 25.8. The molecule has 14 aromatic carbocycles. The summed E-state index contributed by atoms with van der Waals surface area (Å²) < 4.78 is 21.6. The van der Waals surface area contributed by atoms with Gasteiger partial charge in [-0.3, -0.25) is 0 Å². The molecule has 0 N–H and O–H groups in total. The highest BCUT2D eigenvalue weighted by molar-refractivity contribution is 7.03. The van der Waals surface area contributed by atoms with Gasteiger partial charge < -0.3 is 38.1 Å². The number of anilines is 15. The van der Waals surface area contributed by atoms with E-state index in [2.05, 4.69) is 346 Å². The summed E-state index contributed by atoms with van der Waals surface area (Å²) in [5.74, 6) is 1.57. The molecule has 10 heteroatoms. The molecule has 94 heavy (non-hydrogen) atoms. The van der Waals surface area contributed by atoms with Gasteiger partial charge in [0.05, 0.1) is 33.5 Å². The minimum Gasteiger partial charge on any atom is -0.458 e. The standard InChI is InChI=1S/C84H53B2N5O3/c1-8-26-54(27-9-1)87(55-28-10-2-11-29-55)61-48-70-81-71(49-61)90(59-36-18-6-19-37-59)83-65(44-46-75-79(83)63-40-22-24-42-73(63)92-75)85(81)67-52-68-77(53-69(67)89(70)58-34-16-5-17-35-58)94-78-51-62(88(56-30-12-3-13-31-56)57-32-14-4-15-33-57)50-72-82(78)86(68)66-45-47-76-80(64-41-23-25-43-74(64)93-76)84(66)91(72)60-38-20-7-21-39-60/h1-53H. The number of hydrogen-bond donors (Lipinski definition) is 0. The van der Waals surface area contributed by atoms with Crippen molar-refractivity contribution in [3.8, 4) is 11.5 Å². The summed E-state index contributed by atoms with van der Waals surface area (Å²) in [6, 6.07) is 116. The number of furan rings is 2. The van der Waals surface area contributed by atoms with Crippen LogP contribution in [0.4, 0.5) is 85.3 Å². The van der Waals surface area contributed by atoms with E-state index in [4.69, 9.17) is 13.6 Å². The van der Waals surface area contributed by atoms with Crippen LogP contribution in [-0.2, 0) is 0 Å². The molecule has 0 radical (unpaired) electrons. The van der Waals surface area contributed by atoms with Gasteiger partial charge >= 0.3 is 0 Å². The van der Waals surface area contributed by atoms with E-state index >= 15 is 0 Å². The van der Waals surface area contributed by atoms with E-state index < -0.39 is 0 Å². The van der Waals surface area contributed by atoms with Gasteiger partial charge in [-0.1, -0.05) is 182 Å². The summed E-state index contributed by atoms with van der Waals surface area (Å²) >= 11 is 0. The van der Waals surface area contributed by atoms with Gasteiger partial charge in [-0.15, -0.1) is 0 Å². The van der Waals surface area contributed by atoms with E-state index in [9.17, 15) is 0 Å². The van der Waals surface area contributed by atoms with Crippen molar-refractivity contribution in [2.75, 3.05) is 24.5 Å². The molecule has 0 saturated heterocycles. The van der Waals surface area contributed by atoms with Crippen LogP contribution in [-0.4, -0.2) is 13.4 Å². The smallest absolute Gasteiger partial charge is 0.256 e. The van der Waals surface area contributed by atoms with Crippen LogP contribution in [0.2, 0.25) is 0 Å². The van der Waals surface area contributed by atoms with Gasteiger partial charge in [0, 0.05) is 85.5 Å². The van der Waals surface area contributed by atoms with Crippen LogP contribution in [0.1, 0.15) is 0 Å². The predicted molar refractivity (Wildman–Crippen MR) is 390 cm³/mol. The first-order chi connectivity index (χ1) is 46.7. The maximum Gasteiger partial charge on any atom is 0.256 e. The van der Waals surface area contributed by atoms with Gasteiger partial charge in [-0.05, 0) is 160 Å². The molecule has 0 spiro atoms. The highest BCUT2D eigenvalue weighted by atomic mass is 16.5. The Morgan fingerprint density at radius 1 is 0.255 bits per heavy atom. The van der Waals surface area contributed by atoms with Crippen molar-refractivity contribution < 1.29 is 13.6 Å². The van der Waals surface area contributed by atoms with Crippen LogP contribution in [0.15, 0.2) is 330 Å². The zero-order valence-electron chi connectivity index (χ0n) is 50.7. The first kappa shape index (κ1) is 52.4. The molecule has 0 saturated carbocycles. The molecule has 0 unspecified atom stereocenters. The molecule has 0 fully saturated rings. The van der Waals surface area contributed by atoms with E-state index in [1.807, 2.05) is 0 Å². The van der Waals surface area contributed by atoms with Crippen molar-refractivity contribution in [2.45, 2.75) is 0 Å². The average molecular weight is 1200 g/mol. The number of benzene rings is 14. The number of fused-ring (bicyclic) bond motifs is 16. The van der Waals surface area contributed by atoms with Gasteiger partial charge in [0.1, 0.15) is 33.8 Å². The number of nitrogens with zero attached hydrogens (tertiary/aromatic N) is 5. The molecular weight excluding hydrogens is 1150 g/mol. The van der Waals surface area contributed by atoms with Crippen LogP contribution >= 0.6 is 0 Å². The molecule has 2 aromatic heterocycles. The van der Waals surface area contributed by atoms with Crippen LogP contribution in [0.5, 0.6) is 11.5 Å². The van der Waals surface area contributed by atoms with Crippen molar-refractivity contribution in [1.82, 2.24) is 0 Å². The third-order valence-corrected chi connectivity index (χ3v) is 19.5. The topological polar surface area (TPSA) is 51.7 Å². The number of para-hydroxylation sites is 9. The predicted octanol–water partition coefficient (Wildman–Crippen LogP) is 18.9. The van der Waals surface area contributed by atoms with Crippen LogP contribution in [0, 0.1) is 0 Å². The molecule has 0 aliphatic carbocycles. The van der Waals surface area contributed by atoms with E-state index in [-0.39, 0.29) is 13.4 Å². The molecule has 0 bridgehead atoms. The van der Waals surface area contributed by atoms with E-state index in [0.29, 0.717) is 0 Å². The number of rotatable bonds is 9. The van der Waals surface area contributed by atoms with Crippen molar-refractivity contribution in [1.29, 1.82) is 0 Å². The Kier molecular flexibility index (Phi) is 11.5. The maximum absolute atomic E-state index is 7.86. The second kappa shape index (κ2) is 20.6. The lowest BCUT2D eigenvalue weighted by Gasteiger charge is -2.46. The second-order valence-corrected chi connectivity index (χ2v) is 24.7. The fourth-order valence-corrected chi connectivity index (χ4v) is 15.8. The summed E-state index contributed by atoms with van der Waals surface area (Å²) in [6.45, 7) is -0.585. The quantitative estimate of drug-likeness (QED) is 0.133. The van der Waals surface area contributed by atoms with Gasteiger partial charge in [0.2, 0.25) is 0 Å². The fraction of sp³-hybridized carbons (Fsp3) is 0. The minimum absolute atomic E-state index is 0.285. The largest absolute Gasteiger partial charge is 0.458 e. The normalized spacial score (nSPS) is 13.1. The first-order valence-electron chi connectivity index (χ1n) is 32.1. The first-order valence-corrected chi connectivity index (χ1v) is 32.1. The van der Waals surface area contributed by atoms with Crippen LogP contribution < -0.4 is 62.0 Å². The minimum atomic E-state index is -0.300. The molecule has 0 amide bonds.